The lowest BCUT2D eigenvalue weighted by Gasteiger charge is -2.09. The first kappa shape index (κ1) is 15.9. The van der Waals surface area contributed by atoms with E-state index < -0.39 is 0 Å². The van der Waals surface area contributed by atoms with Crippen LogP contribution in [0.15, 0.2) is 47.4 Å². The van der Waals surface area contributed by atoms with Crippen molar-refractivity contribution in [2.45, 2.75) is 18.2 Å². The van der Waals surface area contributed by atoms with Crippen LogP contribution in [0.1, 0.15) is 11.1 Å². The van der Waals surface area contributed by atoms with Crippen LogP contribution in [0, 0.1) is 6.92 Å². The van der Waals surface area contributed by atoms with E-state index in [-0.39, 0.29) is 5.78 Å². The fourth-order valence-corrected chi connectivity index (χ4v) is 3.10. The van der Waals surface area contributed by atoms with Gasteiger partial charge in [-0.05, 0) is 31.2 Å². The molecule has 0 saturated carbocycles. The molecule has 0 atom stereocenters. The smallest absolute Gasteiger partial charge is 0.147 e. The van der Waals surface area contributed by atoms with Crippen molar-refractivity contribution in [3.63, 3.8) is 0 Å². The number of halogens is 1. The molecule has 0 heterocycles. The van der Waals surface area contributed by atoms with Crippen molar-refractivity contribution in [1.82, 2.24) is 0 Å². The number of carbonyl (C=O) groups is 1. The third-order valence-electron chi connectivity index (χ3n) is 3.02. The molecule has 0 fully saturated rings. The van der Waals surface area contributed by atoms with E-state index in [1.165, 1.54) is 11.8 Å². The average molecular weight is 321 g/mol. The molecule has 4 heteroatoms. The van der Waals surface area contributed by atoms with E-state index in [1.54, 1.807) is 7.11 Å². The summed E-state index contributed by atoms with van der Waals surface area (Å²) in [4.78, 5) is 13.1. The number of hydrogen-bond acceptors (Lipinski definition) is 3. The molecule has 2 aromatic carbocycles. The summed E-state index contributed by atoms with van der Waals surface area (Å²) >= 11 is 7.44. The number of benzene rings is 2. The zero-order chi connectivity index (χ0) is 15.2. The average Bonchev–Trinajstić information content (AvgIpc) is 2.45. The molecule has 0 N–H and O–H groups in total. The predicted octanol–water partition coefficient (Wildman–Crippen LogP) is 4.56. The van der Waals surface area contributed by atoms with Crippen LogP contribution in [0.3, 0.4) is 0 Å². The molecule has 0 unspecified atom stereocenters. The molecule has 0 aliphatic heterocycles. The van der Waals surface area contributed by atoms with Gasteiger partial charge in [0.05, 0.1) is 12.9 Å². The molecule has 0 aliphatic carbocycles. The van der Waals surface area contributed by atoms with Crippen molar-refractivity contribution >= 4 is 29.1 Å². The van der Waals surface area contributed by atoms with Crippen LogP contribution in [0.2, 0.25) is 5.02 Å². The Labute approximate surface area is 134 Å². The summed E-state index contributed by atoms with van der Waals surface area (Å²) in [5.41, 5.74) is 2.07. The van der Waals surface area contributed by atoms with E-state index in [2.05, 4.69) is 0 Å². The second kappa shape index (κ2) is 7.53. The highest BCUT2D eigenvalue weighted by molar-refractivity contribution is 8.00. The van der Waals surface area contributed by atoms with Gasteiger partial charge in [0.25, 0.3) is 0 Å². The van der Waals surface area contributed by atoms with Gasteiger partial charge in [0, 0.05) is 21.9 Å². The first-order chi connectivity index (χ1) is 10.1. The SMILES string of the molecule is COc1ccc(C)cc1CC(=O)CSc1cccc(Cl)c1. The number of carbonyl (C=O) groups excluding carboxylic acids is 1. The lowest BCUT2D eigenvalue weighted by molar-refractivity contribution is -0.116. The molecule has 0 spiro atoms. The van der Waals surface area contributed by atoms with Crippen molar-refractivity contribution in [1.29, 1.82) is 0 Å². The highest BCUT2D eigenvalue weighted by Gasteiger charge is 2.10. The zero-order valence-electron chi connectivity index (χ0n) is 12.1. The summed E-state index contributed by atoms with van der Waals surface area (Å²) in [5.74, 6) is 1.36. The minimum Gasteiger partial charge on any atom is -0.496 e. The quantitative estimate of drug-likeness (QED) is 0.730. The number of Topliss-reactive ketones (excluding diaryl/α,β-unsaturated/α-hetero) is 1. The molecule has 2 nitrogen and oxygen atoms in total. The van der Waals surface area contributed by atoms with Gasteiger partial charge in [-0.15, -0.1) is 11.8 Å². The van der Waals surface area contributed by atoms with Crippen LogP contribution in [-0.4, -0.2) is 18.6 Å². The van der Waals surface area contributed by atoms with Crippen LogP contribution in [0.5, 0.6) is 5.75 Å². The Bertz CT molecular complexity index is 640. The summed E-state index contributed by atoms with van der Waals surface area (Å²) in [6.07, 6.45) is 0.387. The highest BCUT2D eigenvalue weighted by atomic mass is 35.5. The van der Waals surface area contributed by atoms with Crippen molar-refractivity contribution < 1.29 is 9.53 Å². The largest absolute Gasteiger partial charge is 0.496 e. The summed E-state index contributed by atoms with van der Waals surface area (Å²) in [6, 6.07) is 13.4. The van der Waals surface area contributed by atoms with Gasteiger partial charge in [0.15, 0.2) is 0 Å². The number of ether oxygens (including phenoxy) is 1. The van der Waals surface area contributed by atoms with Crippen molar-refractivity contribution in [3.8, 4) is 5.75 Å². The van der Waals surface area contributed by atoms with Crippen LogP contribution in [0.25, 0.3) is 0 Å². The summed E-state index contributed by atoms with van der Waals surface area (Å²) in [5, 5.41) is 0.688. The van der Waals surface area contributed by atoms with Crippen LogP contribution >= 0.6 is 23.4 Å². The minimum atomic E-state index is 0.170. The maximum atomic E-state index is 12.1. The van der Waals surface area contributed by atoms with Gasteiger partial charge in [0.1, 0.15) is 11.5 Å². The minimum absolute atomic E-state index is 0.170. The van der Waals surface area contributed by atoms with E-state index in [9.17, 15) is 4.79 Å². The first-order valence-corrected chi connectivity index (χ1v) is 7.98. The molecule has 2 aromatic rings. The monoisotopic (exact) mass is 320 g/mol. The van der Waals surface area contributed by atoms with Gasteiger partial charge in [-0.1, -0.05) is 35.4 Å². The predicted molar refractivity (Wildman–Crippen MR) is 88.6 cm³/mol. The maximum absolute atomic E-state index is 12.1. The molecular formula is C17H17ClO2S. The van der Waals surface area contributed by atoms with Gasteiger partial charge in [-0.2, -0.15) is 0 Å². The first-order valence-electron chi connectivity index (χ1n) is 6.62. The van der Waals surface area contributed by atoms with E-state index in [0.29, 0.717) is 17.2 Å². The van der Waals surface area contributed by atoms with Crippen LogP contribution in [0.4, 0.5) is 0 Å². The van der Waals surface area contributed by atoms with Gasteiger partial charge < -0.3 is 4.74 Å². The summed E-state index contributed by atoms with van der Waals surface area (Å²) in [6.45, 7) is 2.01. The van der Waals surface area contributed by atoms with Gasteiger partial charge in [-0.3, -0.25) is 4.79 Å². The van der Waals surface area contributed by atoms with Gasteiger partial charge in [0.2, 0.25) is 0 Å². The molecule has 0 bridgehead atoms. The Morgan fingerprint density at radius 2 is 2.05 bits per heavy atom. The molecule has 0 radical (unpaired) electrons. The van der Waals surface area contributed by atoms with Gasteiger partial charge >= 0.3 is 0 Å². The Morgan fingerprint density at radius 3 is 2.76 bits per heavy atom. The van der Waals surface area contributed by atoms with Crippen molar-refractivity contribution in [2.75, 3.05) is 12.9 Å². The van der Waals surface area contributed by atoms with E-state index >= 15 is 0 Å². The number of methoxy groups -OCH3 is 1. The number of ketones is 1. The molecule has 2 rings (SSSR count). The molecule has 21 heavy (non-hydrogen) atoms. The molecule has 0 saturated heterocycles. The van der Waals surface area contributed by atoms with E-state index in [4.69, 9.17) is 16.3 Å². The van der Waals surface area contributed by atoms with Crippen molar-refractivity contribution in [3.05, 3.63) is 58.6 Å². The molecule has 0 aliphatic rings. The van der Waals surface area contributed by atoms with Crippen LogP contribution < -0.4 is 4.74 Å². The molecule has 0 aromatic heterocycles. The lowest BCUT2D eigenvalue weighted by atomic mass is 10.1. The normalized spacial score (nSPS) is 10.4. The number of thioether (sulfide) groups is 1. The Morgan fingerprint density at radius 1 is 1.24 bits per heavy atom. The van der Waals surface area contributed by atoms with E-state index in [1.807, 2.05) is 49.4 Å². The second-order valence-corrected chi connectivity index (χ2v) is 6.26. The Balaban J connectivity index is 1.97. The fourth-order valence-electron chi connectivity index (χ4n) is 2.03. The topological polar surface area (TPSA) is 26.3 Å². The lowest BCUT2D eigenvalue weighted by Crippen LogP contribution is -2.07. The maximum Gasteiger partial charge on any atom is 0.147 e. The summed E-state index contributed by atoms with van der Waals surface area (Å²) < 4.78 is 5.30. The summed E-state index contributed by atoms with van der Waals surface area (Å²) in [7, 11) is 1.62. The van der Waals surface area contributed by atoms with Crippen molar-refractivity contribution in [2.24, 2.45) is 0 Å². The molecule has 0 amide bonds. The number of aryl methyl sites for hydroxylation is 1. The van der Waals surface area contributed by atoms with Crippen LogP contribution in [-0.2, 0) is 11.2 Å². The fraction of sp³-hybridized carbons (Fsp3) is 0.235. The van der Waals surface area contributed by atoms with Gasteiger partial charge in [-0.25, -0.2) is 0 Å². The standard InChI is InChI=1S/C17H17ClO2S/c1-12-6-7-17(20-2)13(8-12)9-15(19)11-21-16-5-3-4-14(18)10-16/h3-8,10H,9,11H2,1-2H3. The number of rotatable bonds is 6. The third kappa shape index (κ3) is 4.80. The van der Waals surface area contributed by atoms with E-state index in [0.717, 1.165) is 21.8 Å². The molecule has 110 valence electrons. The zero-order valence-corrected chi connectivity index (χ0v) is 13.6. The number of hydrogen-bond donors (Lipinski definition) is 0. The second-order valence-electron chi connectivity index (χ2n) is 4.78. The third-order valence-corrected chi connectivity index (χ3v) is 4.31. The Hall–Kier alpha value is -1.45. The molecular weight excluding hydrogens is 304 g/mol. The highest BCUT2D eigenvalue weighted by Crippen LogP contribution is 2.24. The Kier molecular flexibility index (Phi) is 5.71.